The van der Waals surface area contributed by atoms with E-state index in [1.807, 2.05) is 24.3 Å². The third-order valence-electron chi connectivity index (χ3n) is 2.83. The first-order valence-corrected chi connectivity index (χ1v) is 6.39. The van der Waals surface area contributed by atoms with Crippen LogP contribution in [0.4, 0.5) is 13.2 Å². The van der Waals surface area contributed by atoms with Crippen molar-refractivity contribution in [3.63, 3.8) is 0 Å². The van der Waals surface area contributed by atoms with Crippen LogP contribution in [0.15, 0.2) is 36.5 Å². The number of hydrogen-bond donors (Lipinski definition) is 1. The van der Waals surface area contributed by atoms with Gasteiger partial charge in [0, 0.05) is 19.3 Å². The Kier molecular flexibility index (Phi) is 4.85. The first kappa shape index (κ1) is 15.4. The second-order valence-corrected chi connectivity index (χ2v) is 4.57. The minimum absolute atomic E-state index is 0.414. The molecule has 0 unspecified atom stereocenters. The third-order valence-corrected chi connectivity index (χ3v) is 2.83. The van der Waals surface area contributed by atoms with E-state index in [9.17, 15) is 13.2 Å². The molecule has 7 heteroatoms. The Hall–Kier alpha value is -2.02. The van der Waals surface area contributed by atoms with Gasteiger partial charge in [-0.25, -0.2) is 0 Å². The summed E-state index contributed by atoms with van der Waals surface area (Å²) < 4.78 is 42.6. The predicted molar refractivity (Wildman–Crippen MR) is 71.8 cm³/mol. The molecule has 21 heavy (non-hydrogen) atoms. The first-order chi connectivity index (χ1) is 9.96. The largest absolute Gasteiger partial charge is 0.497 e. The van der Waals surface area contributed by atoms with E-state index in [1.165, 1.54) is 6.20 Å². The summed E-state index contributed by atoms with van der Waals surface area (Å²) in [5.74, 6) is 0.782. The van der Waals surface area contributed by atoms with Crippen LogP contribution in [0.5, 0.6) is 5.75 Å². The van der Waals surface area contributed by atoms with Gasteiger partial charge in [0.2, 0.25) is 0 Å². The van der Waals surface area contributed by atoms with Gasteiger partial charge in [-0.2, -0.15) is 18.3 Å². The Labute approximate surface area is 120 Å². The molecule has 0 amide bonds. The van der Waals surface area contributed by atoms with Crippen molar-refractivity contribution >= 4 is 0 Å². The molecular weight excluding hydrogens is 283 g/mol. The maximum atomic E-state index is 12.2. The molecule has 0 fully saturated rings. The van der Waals surface area contributed by atoms with Gasteiger partial charge in [0.25, 0.3) is 0 Å². The highest BCUT2D eigenvalue weighted by molar-refractivity contribution is 5.27. The SMILES string of the molecule is COc1ccc(CNCc2ccn(CC(F)(F)F)n2)cc1. The molecule has 0 saturated carbocycles. The Bertz CT molecular complexity index is 564. The second-order valence-electron chi connectivity index (χ2n) is 4.57. The van der Waals surface area contributed by atoms with Crippen molar-refractivity contribution in [3.8, 4) is 5.75 Å². The van der Waals surface area contributed by atoms with Gasteiger partial charge in [-0.15, -0.1) is 0 Å². The summed E-state index contributed by atoms with van der Waals surface area (Å²) in [5, 5.41) is 7.00. The Morgan fingerprint density at radius 2 is 1.86 bits per heavy atom. The molecule has 1 heterocycles. The molecule has 0 bridgehead atoms. The lowest BCUT2D eigenvalue weighted by Crippen LogP contribution is -2.19. The number of rotatable bonds is 6. The Morgan fingerprint density at radius 1 is 1.14 bits per heavy atom. The van der Waals surface area contributed by atoms with Crippen molar-refractivity contribution in [3.05, 3.63) is 47.8 Å². The van der Waals surface area contributed by atoms with Gasteiger partial charge >= 0.3 is 6.18 Å². The molecule has 1 aromatic carbocycles. The molecule has 2 rings (SSSR count). The van der Waals surface area contributed by atoms with Gasteiger partial charge in [0.05, 0.1) is 12.8 Å². The fourth-order valence-electron chi connectivity index (χ4n) is 1.85. The summed E-state index contributed by atoms with van der Waals surface area (Å²) in [6.45, 7) is -0.0432. The highest BCUT2D eigenvalue weighted by Crippen LogP contribution is 2.17. The highest BCUT2D eigenvalue weighted by Gasteiger charge is 2.28. The van der Waals surface area contributed by atoms with Crippen molar-refractivity contribution in [1.82, 2.24) is 15.1 Å². The highest BCUT2D eigenvalue weighted by atomic mass is 19.4. The van der Waals surface area contributed by atoms with Crippen LogP contribution >= 0.6 is 0 Å². The summed E-state index contributed by atoms with van der Waals surface area (Å²) in [7, 11) is 1.60. The van der Waals surface area contributed by atoms with Gasteiger partial charge in [0.15, 0.2) is 0 Å². The summed E-state index contributed by atoms with van der Waals surface area (Å²) in [4.78, 5) is 0. The van der Waals surface area contributed by atoms with Crippen molar-refractivity contribution < 1.29 is 17.9 Å². The van der Waals surface area contributed by atoms with E-state index in [4.69, 9.17) is 4.74 Å². The normalized spacial score (nSPS) is 11.6. The monoisotopic (exact) mass is 299 g/mol. The number of alkyl halides is 3. The van der Waals surface area contributed by atoms with E-state index in [0.29, 0.717) is 18.8 Å². The number of benzene rings is 1. The molecule has 0 aliphatic rings. The van der Waals surface area contributed by atoms with Crippen LogP contribution in [0.3, 0.4) is 0 Å². The summed E-state index contributed by atoms with van der Waals surface area (Å²) in [6, 6.07) is 9.14. The maximum Gasteiger partial charge on any atom is 0.408 e. The van der Waals surface area contributed by atoms with E-state index in [0.717, 1.165) is 16.0 Å². The zero-order valence-corrected chi connectivity index (χ0v) is 11.5. The second kappa shape index (κ2) is 6.62. The molecule has 114 valence electrons. The van der Waals surface area contributed by atoms with Gasteiger partial charge < -0.3 is 10.1 Å². The van der Waals surface area contributed by atoms with Crippen LogP contribution in [-0.4, -0.2) is 23.1 Å². The minimum Gasteiger partial charge on any atom is -0.497 e. The molecule has 0 radical (unpaired) electrons. The summed E-state index contributed by atoms with van der Waals surface area (Å²) in [6.07, 6.45) is -2.92. The van der Waals surface area contributed by atoms with E-state index < -0.39 is 12.7 Å². The van der Waals surface area contributed by atoms with Gasteiger partial charge in [-0.3, -0.25) is 4.68 Å². The molecule has 1 N–H and O–H groups in total. The molecule has 0 spiro atoms. The lowest BCUT2D eigenvalue weighted by atomic mass is 10.2. The Morgan fingerprint density at radius 3 is 2.48 bits per heavy atom. The van der Waals surface area contributed by atoms with Crippen molar-refractivity contribution in [2.45, 2.75) is 25.8 Å². The molecule has 4 nitrogen and oxygen atoms in total. The predicted octanol–water partition coefficient (Wildman–Crippen LogP) is 2.74. The first-order valence-electron chi connectivity index (χ1n) is 6.39. The van der Waals surface area contributed by atoms with Gasteiger partial charge in [-0.05, 0) is 23.8 Å². The lowest BCUT2D eigenvalue weighted by molar-refractivity contribution is -0.142. The number of hydrogen-bond acceptors (Lipinski definition) is 3. The van der Waals surface area contributed by atoms with Crippen LogP contribution < -0.4 is 10.1 Å². The minimum atomic E-state index is -4.25. The van der Waals surface area contributed by atoms with Crippen LogP contribution in [0.1, 0.15) is 11.3 Å². The average Bonchev–Trinajstić information content (AvgIpc) is 2.85. The van der Waals surface area contributed by atoms with Crippen molar-refractivity contribution in [2.24, 2.45) is 0 Å². The number of methoxy groups -OCH3 is 1. The van der Waals surface area contributed by atoms with E-state index >= 15 is 0 Å². The Balaban J connectivity index is 1.80. The van der Waals surface area contributed by atoms with E-state index in [-0.39, 0.29) is 0 Å². The van der Waals surface area contributed by atoms with E-state index in [1.54, 1.807) is 13.2 Å². The van der Waals surface area contributed by atoms with Crippen LogP contribution in [0, 0.1) is 0 Å². The fraction of sp³-hybridized carbons (Fsp3) is 0.357. The van der Waals surface area contributed by atoms with Crippen LogP contribution in [-0.2, 0) is 19.6 Å². The molecule has 2 aromatic rings. The zero-order valence-electron chi connectivity index (χ0n) is 11.5. The number of ether oxygens (including phenoxy) is 1. The topological polar surface area (TPSA) is 39.1 Å². The number of nitrogens with one attached hydrogen (secondary N) is 1. The summed E-state index contributed by atoms with van der Waals surface area (Å²) >= 11 is 0. The third kappa shape index (κ3) is 5.11. The summed E-state index contributed by atoms with van der Waals surface area (Å²) in [5.41, 5.74) is 1.64. The van der Waals surface area contributed by atoms with Crippen molar-refractivity contribution in [1.29, 1.82) is 0 Å². The maximum absolute atomic E-state index is 12.2. The molecular formula is C14H16F3N3O. The lowest BCUT2D eigenvalue weighted by Gasteiger charge is -2.06. The van der Waals surface area contributed by atoms with Gasteiger partial charge in [0.1, 0.15) is 12.3 Å². The number of halogens is 3. The molecule has 0 atom stereocenters. The van der Waals surface area contributed by atoms with E-state index in [2.05, 4.69) is 10.4 Å². The average molecular weight is 299 g/mol. The fourth-order valence-corrected chi connectivity index (χ4v) is 1.85. The standard InChI is InChI=1S/C14H16F3N3O/c1-21-13-4-2-11(3-5-13)8-18-9-12-6-7-20(19-12)10-14(15,16)17/h2-7,18H,8-10H2,1H3. The van der Waals surface area contributed by atoms with Gasteiger partial charge in [-0.1, -0.05) is 12.1 Å². The molecule has 0 aliphatic heterocycles. The molecule has 0 saturated heterocycles. The quantitative estimate of drug-likeness (QED) is 0.891. The number of nitrogens with zero attached hydrogens (tertiary/aromatic N) is 2. The zero-order chi connectivity index (χ0) is 15.3. The smallest absolute Gasteiger partial charge is 0.408 e. The van der Waals surface area contributed by atoms with Crippen molar-refractivity contribution in [2.75, 3.05) is 7.11 Å². The van der Waals surface area contributed by atoms with Crippen LogP contribution in [0.2, 0.25) is 0 Å². The molecule has 0 aliphatic carbocycles. The molecule has 1 aromatic heterocycles. The van der Waals surface area contributed by atoms with Crippen LogP contribution in [0.25, 0.3) is 0 Å². The number of aromatic nitrogens is 2.